The van der Waals surface area contributed by atoms with Crippen LogP contribution >= 0.6 is 27.3 Å². The number of hydrogen-bond acceptors (Lipinski definition) is 3. The average Bonchev–Trinajstić information content (AvgIpc) is 2.56. The maximum absolute atomic E-state index is 4.19. The van der Waals surface area contributed by atoms with Crippen LogP contribution in [0.1, 0.15) is 0 Å². The van der Waals surface area contributed by atoms with Crippen LogP contribution in [0.4, 0.5) is 0 Å². The molecule has 60 valence electrons. The molecule has 0 aliphatic heterocycles. The molecule has 0 unspecified atom stereocenters. The van der Waals surface area contributed by atoms with E-state index in [-0.39, 0.29) is 0 Å². The number of hydrogen-bond donors (Lipinski definition) is 0. The van der Waals surface area contributed by atoms with Crippen molar-refractivity contribution in [2.24, 2.45) is 0 Å². The van der Waals surface area contributed by atoms with Gasteiger partial charge in [0.15, 0.2) is 0 Å². The molecular formula is C8H5BrN2S. The molecule has 0 fully saturated rings. The number of rotatable bonds is 1. The summed E-state index contributed by atoms with van der Waals surface area (Å²) in [6.45, 7) is 0. The van der Waals surface area contributed by atoms with Crippen LogP contribution in [0.3, 0.4) is 0 Å². The van der Waals surface area contributed by atoms with Crippen LogP contribution < -0.4 is 0 Å². The van der Waals surface area contributed by atoms with Gasteiger partial charge >= 0.3 is 0 Å². The molecule has 0 saturated carbocycles. The molecule has 0 spiro atoms. The molecule has 0 saturated heterocycles. The predicted octanol–water partition coefficient (Wildman–Crippen LogP) is 2.97. The van der Waals surface area contributed by atoms with E-state index in [0.717, 1.165) is 15.0 Å². The highest BCUT2D eigenvalue weighted by molar-refractivity contribution is 9.10. The van der Waals surface area contributed by atoms with Crippen molar-refractivity contribution in [1.29, 1.82) is 0 Å². The molecule has 0 amide bonds. The Morgan fingerprint density at radius 3 is 2.92 bits per heavy atom. The molecule has 4 heteroatoms. The fourth-order valence-electron chi connectivity index (χ4n) is 0.895. The number of nitrogens with zero attached hydrogens (tertiary/aromatic N) is 2. The fraction of sp³-hybridized carbons (Fsp3) is 0. The monoisotopic (exact) mass is 240 g/mol. The summed E-state index contributed by atoms with van der Waals surface area (Å²) in [6, 6.07) is 2.01. The van der Waals surface area contributed by atoms with Gasteiger partial charge in [-0.05, 0) is 22.0 Å². The van der Waals surface area contributed by atoms with Gasteiger partial charge in [0.05, 0.1) is 0 Å². The van der Waals surface area contributed by atoms with Crippen LogP contribution in [-0.2, 0) is 0 Å². The Kier molecular flexibility index (Phi) is 2.19. The van der Waals surface area contributed by atoms with Gasteiger partial charge in [-0.1, -0.05) is 0 Å². The summed E-state index contributed by atoms with van der Waals surface area (Å²) in [6.07, 6.45) is 5.36. The van der Waals surface area contributed by atoms with Gasteiger partial charge in [0.1, 0.15) is 5.01 Å². The zero-order valence-electron chi connectivity index (χ0n) is 6.07. The van der Waals surface area contributed by atoms with E-state index in [1.165, 1.54) is 0 Å². The maximum Gasteiger partial charge on any atom is 0.124 e. The van der Waals surface area contributed by atoms with Crippen LogP contribution in [0.2, 0.25) is 0 Å². The van der Waals surface area contributed by atoms with Gasteiger partial charge in [-0.15, -0.1) is 11.3 Å². The molecule has 2 heterocycles. The summed E-state index contributed by atoms with van der Waals surface area (Å²) in [4.78, 5) is 8.25. The Hall–Kier alpha value is -0.740. The van der Waals surface area contributed by atoms with Crippen molar-refractivity contribution in [2.45, 2.75) is 0 Å². The minimum Gasteiger partial charge on any atom is -0.263 e. The maximum atomic E-state index is 4.19. The van der Waals surface area contributed by atoms with Crippen LogP contribution in [0.15, 0.2) is 34.5 Å². The summed E-state index contributed by atoms with van der Waals surface area (Å²) in [5, 5.41) is 2.96. The fourth-order valence-corrected chi connectivity index (χ4v) is 1.88. The van der Waals surface area contributed by atoms with Gasteiger partial charge in [-0.2, -0.15) is 0 Å². The van der Waals surface area contributed by atoms with E-state index < -0.39 is 0 Å². The predicted molar refractivity (Wildman–Crippen MR) is 53.0 cm³/mol. The van der Waals surface area contributed by atoms with Gasteiger partial charge < -0.3 is 0 Å². The molecule has 0 radical (unpaired) electrons. The van der Waals surface area contributed by atoms with Crippen molar-refractivity contribution in [3.8, 4) is 10.6 Å². The normalized spacial score (nSPS) is 10.1. The SMILES string of the molecule is Brc1cncc(-c2nccs2)c1. The summed E-state index contributed by atoms with van der Waals surface area (Å²) in [5.74, 6) is 0. The average molecular weight is 241 g/mol. The van der Waals surface area contributed by atoms with E-state index in [4.69, 9.17) is 0 Å². The zero-order chi connectivity index (χ0) is 8.39. The van der Waals surface area contributed by atoms with Crippen molar-refractivity contribution >= 4 is 27.3 Å². The molecule has 0 aromatic carbocycles. The molecule has 12 heavy (non-hydrogen) atoms. The lowest BCUT2D eigenvalue weighted by Crippen LogP contribution is -1.77. The molecule has 0 N–H and O–H groups in total. The van der Waals surface area contributed by atoms with Crippen LogP contribution in [0.5, 0.6) is 0 Å². The minimum atomic E-state index is 0.982. The topological polar surface area (TPSA) is 25.8 Å². The first-order valence-corrected chi connectivity index (χ1v) is 5.04. The first kappa shape index (κ1) is 7.89. The lowest BCUT2D eigenvalue weighted by molar-refractivity contribution is 1.30. The van der Waals surface area contributed by atoms with Gasteiger partial charge in [0.2, 0.25) is 0 Å². The van der Waals surface area contributed by atoms with Crippen LogP contribution in [0.25, 0.3) is 10.6 Å². The summed E-state index contributed by atoms with van der Waals surface area (Å²) < 4.78 is 0.982. The van der Waals surface area contributed by atoms with E-state index in [1.807, 2.05) is 17.6 Å². The summed E-state index contributed by atoms with van der Waals surface area (Å²) >= 11 is 4.97. The zero-order valence-corrected chi connectivity index (χ0v) is 8.47. The smallest absolute Gasteiger partial charge is 0.124 e. The highest BCUT2D eigenvalue weighted by Crippen LogP contribution is 2.22. The Morgan fingerprint density at radius 1 is 1.33 bits per heavy atom. The van der Waals surface area contributed by atoms with Gasteiger partial charge in [0.25, 0.3) is 0 Å². The van der Waals surface area contributed by atoms with E-state index in [2.05, 4.69) is 25.9 Å². The van der Waals surface area contributed by atoms with Gasteiger partial charge in [0, 0.05) is 34.0 Å². The van der Waals surface area contributed by atoms with Crippen molar-refractivity contribution in [2.75, 3.05) is 0 Å². The highest BCUT2D eigenvalue weighted by atomic mass is 79.9. The number of thiazole rings is 1. The minimum absolute atomic E-state index is 0.982. The first-order chi connectivity index (χ1) is 5.86. The number of aromatic nitrogens is 2. The van der Waals surface area contributed by atoms with Crippen molar-refractivity contribution in [1.82, 2.24) is 9.97 Å². The molecule has 0 atom stereocenters. The Morgan fingerprint density at radius 2 is 2.25 bits per heavy atom. The number of pyridine rings is 1. The molecule has 2 aromatic heterocycles. The second-order valence-corrected chi connectivity index (χ2v) is 4.04. The summed E-state index contributed by atoms with van der Waals surface area (Å²) in [5.41, 5.74) is 1.05. The van der Waals surface area contributed by atoms with Crippen molar-refractivity contribution in [3.05, 3.63) is 34.5 Å². The molecule has 2 aromatic rings. The second-order valence-electron chi connectivity index (χ2n) is 2.23. The van der Waals surface area contributed by atoms with E-state index in [0.29, 0.717) is 0 Å². The molecule has 2 rings (SSSR count). The standard InChI is InChI=1S/C8H5BrN2S/c9-7-3-6(4-10-5-7)8-11-1-2-12-8/h1-5H. The van der Waals surface area contributed by atoms with Crippen molar-refractivity contribution < 1.29 is 0 Å². The third kappa shape index (κ3) is 1.54. The lowest BCUT2D eigenvalue weighted by atomic mass is 10.3. The molecule has 0 bridgehead atoms. The molecule has 0 aliphatic carbocycles. The molecular weight excluding hydrogens is 236 g/mol. The van der Waals surface area contributed by atoms with Crippen molar-refractivity contribution in [3.63, 3.8) is 0 Å². The third-order valence-corrected chi connectivity index (χ3v) is 2.64. The van der Waals surface area contributed by atoms with Gasteiger partial charge in [-0.25, -0.2) is 4.98 Å². The van der Waals surface area contributed by atoms with Gasteiger partial charge in [-0.3, -0.25) is 4.98 Å². The summed E-state index contributed by atoms with van der Waals surface area (Å²) in [7, 11) is 0. The Bertz CT molecular complexity index is 372. The van der Waals surface area contributed by atoms with Crippen LogP contribution in [-0.4, -0.2) is 9.97 Å². The Labute approximate surface area is 82.4 Å². The molecule has 0 aliphatic rings. The number of halogens is 1. The lowest BCUT2D eigenvalue weighted by Gasteiger charge is -1.94. The molecule has 2 nitrogen and oxygen atoms in total. The van der Waals surface area contributed by atoms with E-state index in [1.54, 1.807) is 23.7 Å². The van der Waals surface area contributed by atoms with E-state index >= 15 is 0 Å². The quantitative estimate of drug-likeness (QED) is 0.767. The Balaban J connectivity index is 2.48. The van der Waals surface area contributed by atoms with E-state index in [9.17, 15) is 0 Å². The first-order valence-electron chi connectivity index (χ1n) is 3.37. The third-order valence-electron chi connectivity index (χ3n) is 1.38. The van der Waals surface area contributed by atoms with Crippen LogP contribution in [0, 0.1) is 0 Å². The highest BCUT2D eigenvalue weighted by Gasteiger charge is 1.99. The largest absolute Gasteiger partial charge is 0.263 e. The second kappa shape index (κ2) is 3.33.